The summed E-state index contributed by atoms with van der Waals surface area (Å²) in [6, 6.07) is 9.30. The largest absolute Gasteiger partial charge is 0.389 e. The molecule has 4 heteroatoms. The average molecular weight is 264 g/mol. The molecule has 0 aromatic heterocycles. The fourth-order valence-electron chi connectivity index (χ4n) is 2.03. The molecule has 0 bridgehead atoms. The molecule has 0 saturated heterocycles. The molecule has 1 aromatic carbocycles. The first-order chi connectivity index (χ1) is 8.68. The second-order valence-corrected chi connectivity index (χ2v) is 5.70. The summed E-state index contributed by atoms with van der Waals surface area (Å²) >= 11 is 0. The smallest absolute Gasteiger partial charge is 0.247 e. The minimum atomic E-state index is -1.08. The zero-order valence-corrected chi connectivity index (χ0v) is 12.2. The van der Waals surface area contributed by atoms with E-state index in [-0.39, 0.29) is 12.5 Å². The molecule has 0 aliphatic carbocycles. The highest BCUT2D eigenvalue weighted by atomic mass is 16.3. The van der Waals surface area contributed by atoms with E-state index in [0.717, 1.165) is 5.56 Å². The van der Waals surface area contributed by atoms with E-state index in [9.17, 15) is 9.90 Å². The molecule has 4 nitrogen and oxygen atoms in total. The second kappa shape index (κ2) is 5.72. The molecule has 0 aliphatic rings. The number of aliphatic hydroxyl groups is 1. The summed E-state index contributed by atoms with van der Waals surface area (Å²) in [4.78, 5) is 14.2. The Bertz CT molecular complexity index is 422. The summed E-state index contributed by atoms with van der Waals surface area (Å²) in [5.41, 5.74) is 4.96. The van der Waals surface area contributed by atoms with Gasteiger partial charge in [-0.25, -0.2) is 0 Å². The van der Waals surface area contributed by atoms with Gasteiger partial charge in [-0.05, 0) is 33.3 Å². The summed E-state index contributed by atoms with van der Waals surface area (Å²) in [6.07, 6.45) is 0. The fraction of sp³-hybridized carbons (Fsp3) is 0.533. The van der Waals surface area contributed by atoms with Gasteiger partial charge in [-0.2, -0.15) is 0 Å². The Kier molecular flexibility index (Phi) is 4.71. The molecule has 1 aromatic rings. The summed E-state index contributed by atoms with van der Waals surface area (Å²) in [5, 5.41) is 9.87. The molecule has 19 heavy (non-hydrogen) atoms. The number of rotatable bonds is 5. The normalized spacial score (nSPS) is 14.8. The lowest BCUT2D eigenvalue weighted by molar-refractivity contribution is -0.139. The molecule has 1 atom stereocenters. The number of likely N-dealkylation sites (N-methyl/N-ethyl adjacent to an activating group) is 1. The number of carbonyl (C=O) groups excluding carboxylic acids is 1. The van der Waals surface area contributed by atoms with Gasteiger partial charge in [0.15, 0.2) is 0 Å². The summed E-state index contributed by atoms with van der Waals surface area (Å²) in [5.74, 6) is -0.177. The van der Waals surface area contributed by atoms with Gasteiger partial charge in [0.1, 0.15) is 5.54 Å². The molecule has 0 heterocycles. The van der Waals surface area contributed by atoms with Crippen molar-refractivity contribution in [1.29, 1.82) is 0 Å². The number of nitrogens with zero attached hydrogens (tertiary/aromatic N) is 1. The quantitative estimate of drug-likeness (QED) is 0.846. The van der Waals surface area contributed by atoms with Crippen LogP contribution in [0, 0.1) is 0 Å². The monoisotopic (exact) mass is 264 g/mol. The van der Waals surface area contributed by atoms with Crippen molar-refractivity contribution in [3.05, 3.63) is 35.9 Å². The van der Waals surface area contributed by atoms with Crippen LogP contribution in [-0.4, -0.2) is 34.6 Å². The van der Waals surface area contributed by atoms with Crippen LogP contribution in [-0.2, 0) is 10.3 Å². The molecule has 0 saturated carbocycles. The third kappa shape index (κ3) is 4.04. The zero-order chi connectivity index (χ0) is 14.7. The Labute approximate surface area is 115 Å². The lowest BCUT2D eigenvalue weighted by atomic mass is 9.91. The van der Waals surface area contributed by atoms with Crippen LogP contribution in [0.25, 0.3) is 0 Å². The maximum Gasteiger partial charge on any atom is 0.247 e. The predicted molar refractivity (Wildman–Crippen MR) is 76.5 cm³/mol. The molecule has 0 radical (unpaired) electrons. The number of nitrogens with two attached hydrogens (primary N) is 1. The van der Waals surface area contributed by atoms with E-state index in [1.165, 1.54) is 0 Å². The van der Waals surface area contributed by atoms with Crippen LogP contribution in [0.15, 0.2) is 30.3 Å². The topological polar surface area (TPSA) is 66.6 Å². The third-order valence-corrected chi connectivity index (χ3v) is 3.06. The molecule has 106 valence electrons. The van der Waals surface area contributed by atoms with Crippen LogP contribution in [0.2, 0.25) is 0 Å². The predicted octanol–water partition coefficient (Wildman–Crippen LogP) is 1.48. The number of amides is 1. The van der Waals surface area contributed by atoms with Gasteiger partial charge in [-0.3, -0.25) is 4.79 Å². The summed E-state index contributed by atoms with van der Waals surface area (Å²) in [6.45, 7) is 7.73. The molecule has 1 unspecified atom stereocenters. The van der Waals surface area contributed by atoms with E-state index in [0.29, 0.717) is 6.54 Å². The van der Waals surface area contributed by atoms with Crippen LogP contribution in [0.4, 0.5) is 0 Å². The van der Waals surface area contributed by atoms with Crippen molar-refractivity contribution in [2.24, 2.45) is 5.73 Å². The minimum Gasteiger partial charge on any atom is -0.389 e. The van der Waals surface area contributed by atoms with E-state index in [1.807, 2.05) is 37.3 Å². The third-order valence-electron chi connectivity index (χ3n) is 3.06. The van der Waals surface area contributed by atoms with E-state index in [1.54, 1.807) is 25.7 Å². The first-order valence-electron chi connectivity index (χ1n) is 6.54. The van der Waals surface area contributed by atoms with E-state index < -0.39 is 11.1 Å². The SMILES string of the molecule is CCN(CC(C)(C)O)C(=O)C(C)(N)c1ccccc1. The van der Waals surface area contributed by atoms with Crippen molar-refractivity contribution >= 4 is 5.91 Å². The van der Waals surface area contributed by atoms with Gasteiger partial charge >= 0.3 is 0 Å². The maximum atomic E-state index is 12.6. The highest BCUT2D eigenvalue weighted by Gasteiger charge is 2.35. The lowest BCUT2D eigenvalue weighted by Crippen LogP contribution is -2.54. The Morgan fingerprint density at radius 1 is 1.26 bits per heavy atom. The molecule has 1 amide bonds. The van der Waals surface area contributed by atoms with E-state index in [4.69, 9.17) is 5.73 Å². The maximum absolute atomic E-state index is 12.6. The molecular formula is C15H24N2O2. The van der Waals surface area contributed by atoms with Gasteiger partial charge in [-0.15, -0.1) is 0 Å². The lowest BCUT2D eigenvalue weighted by Gasteiger charge is -2.34. The average Bonchev–Trinajstić information content (AvgIpc) is 2.35. The number of benzene rings is 1. The van der Waals surface area contributed by atoms with Crippen LogP contribution >= 0.6 is 0 Å². The van der Waals surface area contributed by atoms with Crippen molar-refractivity contribution in [3.8, 4) is 0 Å². The minimum absolute atomic E-state index is 0.177. The molecule has 1 rings (SSSR count). The van der Waals surface area contributed by atoms with Crippen molar-refractivity contribution in [1.82, 2.24) is 4.90 Å². The second-order valence-electron chi connectivity index (χ2n) is 5.70. The van der Waals surface area contributed by atoms with E-state index in [2.05, 4.69) is 0 Å². The number of carbonyl (C=O) groups is 1. The van der Waals surface area contributed by atoms with Gasteiger partial charge in [0.25, 0.3) is 0 Å². The summed E-state index contributed by atoms with van der Waals surface area (Å²) < 4.78 is 0. The van der Waals surface area contributed by atoms with Gasteiger partial charge in [0.2, 0.25) is 5.91 Å². The van der Waals surface area contributed by atoms with Crippen molar-refractivity contribution < 1.29 is 9.90 Å². The van der Waals surface area contributed by atoms with Crippen LogP contribution in [0.1, 0.15) is 33.3 Å². The summed E-state index contributed by atoms with van der Waals surface area (Å²) in [7, 11) is 0. The van der Waals surface area contributed by atoms with Crippen LogP contribution in [0.5, 0.6) is 0 Å². The van der Waals surface area contributed by atoms with Crippen LogP contribution in [0.3, 0.4) is 0 Å². The standard InChI is InChI=1S/C15H24N2O2/c1-5-17(11-14(2,3)19)13(18)15(4,16)12-9-7-6-8-10-12/h6-10,19H,5,11,16H2,1-4H3. The Morgan fingerprint density at radius 2 is 1.79 bits per heavy atom. The first-order valence-corrected chi connectivity index (χ1v) is 6.54. The molecule has 3 N–H and O–H groups in total. The Morgan fingerprint density at radius 3 is 2.21 bits per heavy atom. The molecule has 0 spiro atoms. The van der Waals surface area contributed by atoms with E-state index >= 15 is 0 Å². The van der Waals surface area contributed by atoms with Crippen molar-refractivity contribution in [2.45, 2.75) is 38.8 Å². The molecule has 0 fully saturated rings. The molecule has 0 aliphatic heterocycles. The number of hydrogen-bond donors (Lipinski definition) is 2. The molecular weight excluding hydrogens is 240 g/mol. The first kappa shape index (κ1) is 15.7. The zero-order valence-electron chi connectivity index (χ0n) is 12.2. The fourth-order valence-corrected chi connectivity index (χ4v) is 2.03. The van der Waals surface area contributed by atoms with Gasteiger partial charge in [0, 0.05) is 13.1 Å². The highest BCUT2D eigenvalue weighted by Crippen LogP contribution is 2.21. The Balaban J connectivity index is 2.97. The Hall–Kier alpha value is -1.39. The van der Waals surface area contributed by atoms with Crippen LogP contribution < -0.4 is 5.73 Å². The highest BCUT2D eigenvalue weighted by molar-refractivity contribution is 5.87. The van der Waals surface area contributed by atoms with Gasteiger partial charge in [0.05, 0.1) is 5.60 Å². The number of hydrogen-bond acceptors (Lipinski definition) is 3. The van der Waals surface area contributed by atoms with Gasteiger partial charge in [-0.1, -0.05) is 30.3 Å². The van der Waals surface area contributed by atoms with Crippen molar-refractivity contribution in [3.63, 3.8) is 0 Å². The van der Waals surface area contributed by atoms with Crippen molar-refractivity contribution in [2.75, 3.05) is 13.1 Å². The van der Waals surface area contributed by atoms with Gasteiger partial charge < -0.3 is 15.7 Å².